The number of amides is 1. The second kappa shape index (κ2) is 9.42. The summed E-state index contributed by atoms with van der Waals surface area (Å²) < 4.78 is 12.2. The van der Waals surface area contributed by atoms with Crippen molar-refractivity contribution >= 4 is 5.91 Å². The number of hydrogen-bond acceptors (Lipinski definition) is 6. The summed E-state index contributed by atoms with van der Waals surface area (Å²) in [5.74, 6) is 1.39. The molecule has 3 aromatic rings. The van der Waals surface area contributed by atoms with Gasteiger partial charge in [-0.05, 0) is 43.4 Å². The molecule has 1 aromatic heterocycles. The molecule has 2 heterocycles. The van der Waals surface area contributed by atoms with Crippen molar-refractivity contribution < 1.29 is 19.4 Å². The number of benzene rings is 2. The third kappa shape index (κ3) is 4.61. The van der Waals surface area contributed by atoms with Crippen LogP contribution in [-0.2, 0) is 6.54 Å². The van der Waals surface area contributed by atoms with Crippen LogP contribution in [0.15, 0.2) is 60.9 Å². The van der Waals surface area contributed by atoms with E-state index in [4.69, 9.17) is 9.47 Å². The molecule has 0 radical (unpaired) electrons. The normalized spacial score (nSPS) is 18.2. The molecule has 0 unspecified atom stereocenters. The highest BCUT2D eigenvalue weighted by molar-refractivity contribution is 5.94. The number of ether oxygens (including phenoxy) is 2. The van der Waals surface area contributed by atoms with Gasteiger partial charge >= 0.3 is 0 Å². The Labute approximate surface area is 187 Å². The fourth-order valence-corrected chi connectivity index (χ4v) is 4.03. The van der Waals surface area contributed by atoms with Crippen LogP contribution in [0.4, 0.5) is 0 Å². The Balaban J connectivity index is 1.40. The number of hydrogen-bond donors (Lipinski definition) is 1. The van der Waals surface area contributed by atoms with Gasteiger partial charge in [0.2, 0.25) is 0 Å². The van der Waals surface area contributed by atoms with E-state index in [1.807, 2.05) is 43.7 Å². The van der Waals surface area contributed by atoms with Gasteiger partial charge in [-0.3, -0.25) is 9.69 Å². The van der Waals surface area contributed by atoms with Crippen LogP contribution in [0.3, 0.4) is 0 Å². The molecule has 4 rings (SSSR count). The lowest BCUT2D eigenvalue weighted by Crippen LogP contribution is -2.40. The van der Waals surface area contributed by atoms with Crippen molar-refractivity contribution in [2.45, 2.75) is 18.7 Å². The summed E-state index contributed by atoms with van der Waals surface area (Å²) >= 11 is 0. The zero-order chi connectivity index (χ0) is 22.7. The highest BCUT2D eigenvalue weighted by atomic mass is 16.5. The predicted molar refractivity (Wildman–Crippen MR) is 120 cm³/mol. The monoisotopic (exact) mass is 436 g/mol. The smallest absolute Gasteiger partial charge is 0.254 e. The van der Waals surface area contributed by atoms with Gasteiger partial charge in [-0.15, -0.1) is 0 Å². The lowest BCUT2D eigenvalue weighted by molar-refractivity contribution is 0.0763. The molecule has 0 spiro atoms. The van der Waals surface area contributed by atoms with Crippen LogP contribution in [-0.4, -0.2) is 77.1 Å². The molecule has 168 valence electrons. The van der Waals surface area contributed by atoms with Crippen molar-refractivity contribution in [3.8, 4) is 17.2 Å². The first-order valence-corrected chi connectivity index (χ1v) is 10.5. The highest BCUT2D eigenvalue weighted by Crippen LogP contribution is 2.22. The number of β-amino-alcohol motifs (C(OH)–C–C–N with tert-alkyl or cyclic N) is 1. The number of likely N-dealkylation sites (tertiary alicyclic amines) is 1. The number of carbonyl (C=O) groups excluding carboxylic acids is 1. The van der Waals surface area contributed by atoms with E-state index >= 15 is 0 Å². The number of aromatic nitrogens is 2. The number of methoxy groups -OCH3 is 2. The van der Waals surface area contributed by atoms with Crippen molar-refractivity contribution in [2.24, 2.45) is 0 Å². The third-order valence-electron chi connectivity index (χ3n) is 5.84. The van der Waals surface area contributed by atoms with Crippen molar-refractivity contribution in [2.75, 3.05) is 34.4 Å². The minimum absolute atomic E-state index is 0.0894. The minimum Gasteiger partial charge on any atom is -0.497 e. The van der Waals surface area contributed by atoms with Crippen molar-refractivity contribution in [1.82, 2.24) is 19.6 Å². The Hall–Kier alpha value is -3.36. The van der Waals surface area contributed by atoms with Crippen LogP contribution < -0.4 is 9.47 Å². The summed E-state index contributed by atoms with van der Waals surface area (Å²) in [6.07, 6.45) is 3.17. The minimum atomic E-state index is -0.615. The molecule has 0 aliphatic carbocycles. The summed E-state index contributed by atoms with van der Waals surface area (Å²) in [4.78, 5) is 16.6. The molecule has 1 saturated heterocycles. The van der Waals surface area contributed by atoms with E-state index in [0.717, 1.165) is 17.0 Å². The third-order valence-corrected chi connectivity index (χ3v) is 5.84. The summed E-state index contributed by atoms with van der Waals surface area (Å²) in [5.41, 5.74) is 2.51. The summed E-state index contributed by atoms with van der Waals surface area (Å²) in [6, 6.07) is 14.6. The van der Waals surface area contributed by atoms with E-state index in [0.29, 0.717) is 30.9 Å². The van der Waals surface area contributed by atoms with Crippen molar-refractivity contribution in [3.05, 3.63) is 72.1 Å². The van der Waals surface area contributed by atoms with Crippen LogP contribution in [0.25, 0.3) is 5.69 Å². The number of nitrogens with zero attached hydrogens (tertiary/aromatic N) is 4. The Morgan fingerprint density at radius 1 is 1.12 bits per heavy atom. The van der Waals surface area contributed by atoms with E-state index in [-0.39, 0.29) is 11.9 Å². The zero-order valence-corrected chi connectivity index (χ0v) is 18.5. The molecule has 1 N–H and O–H groups in total. The van der Waals surface area contributed by atoms with E-state index < -0.39 is 6.10 Å². The van der Waals surface area contributed by atoms with Crippen LogP contribution in [0.1, 0.15) is 15.9 Å². The van der Waals surface area contributed by atoms with Gasteiger partial charge < -0.3 is 19.5 Å². The Bertz CT molecular complexity index is 1070. The van der Waals surface area contributed by atoms with Crippen molar-refractivity contribution in [1.29, 1.82) is 0 Å². The van der Waals surface area contributed by atoms with Crippen LogP contribution in [0.2, 0.25) is 0 Å². The van der Waals surface area contributed by atoms with E-state index in [2.05, 4.69) is 10.00 Å². The van der Waals surface area contributed by atoms with Crippen molar-refractivity contribution in [3.63, 3.8) is 0 Å². The zero-order valence-electron chi connectivity index (χ0n) is 18.5. The van der Waals surface area contributed by atoms with Crippen LogP contribution in [0.5, 0.6) is 11.5 Å². The molecule has 2 aromatic carbocycles. The predicted octanol–water partition coefficient (Wildman–Crippen LogP) is 2.21. The Kier molecular flexibility index (Phi) is 6.43. The lowest BCUT2D eigenvalue weighted by Gasteiger charge is -2.25. The standard InChI is InChI=1S/C24H28N4O4/c1-26(13-17-12-25-28(14-17)19-5-4-6-21(11-19)32-3)22-15-27(16-23(22)29)24(30)18-7-9-20(31-2)10-8-18/h4-12,14,22-23,29H,13,15-16H2,1-3H3/t22-,23-/m0/s1. The quantitative estimate of drug-likeness (QED) is 0.612. The Morgan fingerprint density at radius 2 is 1.88 bits per heavy atom. The number of rotatable bonds is 7. The first-order chi connectivity index (χ1) is 15.5. The molecule has 2 atom stereocenters. The fraction of sp³-hybridized carbons (Fsp3) is 0.333. The molecule has 0 saturated carbocycles. The molecule has 1 amide bonds. The van der Waals surface area contributed by atoms with E-state index in [1.165, 1.54) is 0 Å². The molecule has 1 aliphatic heterocycles. The highest BCUT2D eigenvalue weighted by Gasteiger charge is 2.36. The maximum absolute atomic E-state index is 12.9. The van der Waals surface area contributed by atoms with Gasteiger partial charge in [0.15, 0.2) is 0 Å². The topological polar surface area (TPSA) is 80.1 Å². The maximum Gasteiger partial charge on any atom is 0.254 e. The Morgan fingerprint density at radius 3 is 2.59 bits per heavy atom. The lowest BCUT2D eigenvalue weighted by atomic mass is 10.2. The second-order valence-corrected chi connectivity index (χ2v) is 7.98. The summed E-state index contributed by atoms with van der Waals surface area (Å²) in [5, 5.41) is 15.1. The number of likely N-dealkylation sites (N-methyl/N-ethyl adjacent to an activating group) is 1. The largest absolute Gasteiger partial charge is 0.497 e. The first kappa shape index (κ1) is 21.9. The van der Waals surface area contributed by atoms with E-state index in [9.17, 15) is 9.90 Å². The molecule has 0 bridgehead atoms. The van der Waals surface area contributed by atoms with Gasteiger partial charge in [-0.25, -0.2) is 4.68 Å². The van der Waals surface area contributed by atoms with E-state index in [1.54, 1.807) is 48.1 Å². The summed E-state index contributed by atoms with van der Waals surface area (Å²) in [6.45, 7) is 1.38. The van der Waals surface area contributed by atoms with Crippen LogP contribution in [0, 0.1) is 0 Å². The average Bonchev–Trinajstić information content (AvgIpc) is 3.45. The van der Waals surface area contributed by atoms with Gasteiger partial charge in [-0.2, -0.15) is 5.10 Å². The molecular weight excluding hydrogens is 408 g/mol. The molecular formula is C24H28N4O4. The van der Waals surface area contributed by atoms with Gasteiger partial charge in [0.1, 0.15) is 11.5 Å². The van der Waals surface area contributed by atoms with Gasteiger partial charge in [0.25, 0.3) is 5.91 Å². The summed E-state index contributed by atoms with van der Waals surface area (Å²) in [7, 11) is 5.19. The fourth-order valence-electron chi connectivity index (χ4n) is 4.03. The molecule has 32 heavy (non-hydrogen) atoms. The number of aliphatic hydroxyl groups is 1. The maximum atomic E-state index is 12.9. The number of aliphatic hydroxyl groups excluding tert-OH is 1. The average molecular weight is 437 g/mol. The number of carbonyl (C=O) groups is 1. The second-order valence-electron chi connectivity index (χ2n) is 7.98. The molecule has 1 aliphatic rings. The molecule has 1 fully saturated rings. The molecule has 8 heteroatoms. The van der Waals surface area contributed by atoms with Crippen LogP contribution >= 0.6 is 0 Å². The SMILES string of the molecule is COc1ccc(C(=O)N2C[C@H](O)[C@@H](N(C)Cc3cnn(-c4cccc(OC)c4)c3)C2)cc1. The van der Waals surface area contributed by atoms with Gasteiger partial charge in [-0.1, -0.05) is 6.07 Å². The molecule has 8 nitrogen and oxygen atoms in total. The van der Waals surface area contributed by atoms with Gasteiger partial charge in [0, 0.05) is 43.0 Å². The first-order valence-electron chi connectivity index (χ1n) is 10.5. The van der Waals surface area contributed by atoms with Gasteiger partial charge in [0.05, 0.1) is 38.2 Å².